The summed E-state index contributed by atoms with van der Waals surface area (Å²) in [5.74, 6) is -1.36. The van der Waals surface area contributed by atoms with Gasteiger partial charge in [0.25, 0.3) is 0 Å². The SMILES string of the molecule is Cc1cccc(COC2CCCC(OCCN(Cc3ccccc3)C(=O)Nc3cccc(F)c3)C2)c1C(=O)O.O=C=Nc1ccccc1. The number of nitrogens with zero attached hydrogens (tertiary/aromatic N) is 2. The molecule has 4 aromatic rings. The molecule has 2 unspecified atom stereocenters. The quantitative estimate of drug-likeness (QED) is 0.118. The number of para-hydroxylation sites is 1. The molecule has 1 aliphatic carbocycles. The second-order valence-corrected chi connectivity index (χ2v) is 11.4. The molecule has 4 aromatic carbocycles. The van der Waals surface area contributed by atoms with E-state index in [2.05, 4.69) is 10.3 Å². The molecule has 0 aromatic heterocycles. The summed E-state index contributed by atoms with van der Waals surface area (Å²) < 4.78 is 25.9. The zero-order chi connectivity index (χ0) is 34.1. The Bertz CT molecular complexity index is 1660. The van der Waals surface area contributed by atoms with Crippen LogP contribution in [0.2, 0.25) is 0 Å². The fourth-order valence-electron chi connectivity index (χ4n) is 5.48. The number of carbonyl (C=O) groups is 2. The number of halogens is 1. The number of aliphatic imine (C=N–C) groups is 1. The molecular weight excluding hydrogens is 613 g/mol. The number of urea groups is 1. The van der Waals surface area contributed by atoms with Crippen molar-refractivity contribution in [2.75, 3.05) is 18.5 Å². The molecular formula is C38H40FN3O6. The molecule has 250 valence electrons. The molecule has 2 N–H and O–H groups in total. The Balaban J connectivity index is 0.000000500. The number of hydrogen-bond acceptors (Lipinski definition) is 6. The van der Waals surface area contributed by atoms with Gasteiger partial charge in [-0.25, -0.2) is 18.8 Å². The summed E-state index contributed by atoms with van der Waals surface area (Å²) in [7, 11) is 0. The first-order valence-electron chi connectivity index (χ1n) is 15.9. The number of benzene rings is 4. The Morgan fingerprint density at radius 1 is 0.938 bits per heavy atom. The highest BCUT2D eigenvalue weighted by Gasteiger charge is 2.25. The maximum absolute atomic E-state index is 13.6. The van der Waals surface area contributed by atoms with Gasteiger partial charge in [-0.05, 0) is 79.6 Å². The van der Waals surface area contributed by atoms with Gasteiger partial charge in [0.05, 0.1) is 36.7 Å². The number of hydrogen-bond donors (Lipinski definition) is 2. The zero-order valence-corrected chi connectivity index (χ0v) is 26.9. The second-order valence-electron chi connectivity index (χ2n) is 11.4. The Morgan fingerprint density at radius 3 is 2.31 bits per heavy atom. The maximum Gasteiger partial charge on any atom is 0.336 e. The van der Waals surface area contributed by atoms with Gasteiger partial charge in [-0.3, -0.25) is 0 Å². The standard InChI is InChI=1S/C31H35FN2O5.C7H5NO/c1-22-8-5-11-24(29(22)30(35)36)21-39-28-15-7-14-27(19-28)38-17-16-34(20-23-9-3-2-4-10-23)31(37)33-26-13-6-12-25(32)18-26;9-6-8-7-4-2-1-3-5-7/h2-6,8-13,18,27-28H,7,14-17,19-21H2,1H3,(H,33,37)(H,35,36);1-5H. The van der Waals surface area contributed by atoms with Crippen molar-refractivity contribution >= 4 is 29.5 Å². The molecule has 0 heterocycles. The van der Waals surface area contributed by atoms with Crippen LogP contribution in [0.25, 0.3) is 0 Å². The van der Waals surface area contributed by atoms with E-state index in [1.807, 2.05) is 54.6 Å². The molecule has 1 saturated carbocycles. The highest BCUT2D eigenvalue weighted by Crippen LogP contribution is 2.26. The highest BCUT2D eigenvalue weighted by molar-refractivity contribution is 5.91. The van der Waals surface area contributed by atoms with Crippen LogP contribution in [0.3, 0.4) is 0 Å². The number of amides is 2. The van der Waals surface area contributed by atoms with Gasteiger partial charge >= 0.3 is 12.0 Å². The first kappa shape index (κ1) is 35.7. The number of carboxylic acids is 1. The zero-order valence-electron chi connectivity index (χ0n) is 26.9. The van der Waals surface area contributed by atoms with E-state index in [0.29, 0.717) is 48.6 Å². The fraction of sp³-hybridized carbons (Fsp3) is 0.289. The summed E-state index contributed by atoms with van der Waals surface area (Å²) in [6, 6.07) is 29.6. The lowest BCUT2D eigenvalue weighted by molar-refractivity contribution is -0.0524. The van der Waals surface area contributed by atoms with E-state index in [-0.39, 0.29) is 24.8 Å². The number of ether oxygens (including phenoxy) is 2. The average molecular weight is 654 g/mol. The van der Waals surface area contributed by atoms with Crippen molar-refractivity contribution in [2.24, 2.45) is 4.99 Å². The van der Waals surface area contributed by atoms with Crippen LogP contribution in [0.15, 0.2) is 108 Å². The van der Waals surface area contributed by atoms with Crippen molar-refractivity contribution < 1.29 is 33.4 Å². The van der Waals surface area contributed by atoms with Crippen LogP contribution in [-0.4, -0.2) is 53.4 Å². The first-order valence-corrected chi connectivity index (χ1v) is 15.9. The van der Waals surface area contributed by atoms with Crippen LogP contribution in [0.5, 0.6) is 0 Å². The number of isocyanates is 1. The van der Waals surface area contributed by atoms with Crippen LogP contribution in [0.4, 0.5) is 20.6 Å². The average Bonchev–Trinajstić information content (AvgIpc) is 3.08. The van der Waals surface area contributed by atoms with E-state index >= 15 is 0 Å². The molecule has 0 radical (unpaired) electrons. The van der Waals surface area contributed by atoms with Crippen molar-refractivity contribution in [1.29, 1.82) is 0 Å². The van der Waals surface area contributed by atoms with Gasteiger partial charge in [0.15, 0.2) is 0 Å². The van der Waals surface area contributed by atoms with Crippen LogP contribution in [-0.2, 0) is 27.4 Å². The van der Waals surface area contributed by atoms with Crippen molar-refractivity contribution in [3.63, 3.8) is 0 Å². The van der Waals surface area contributed by atoms with E-state index in [9.17, 15) is 23.9 Å². The number of anilines is 1. The van der Waals surface area contributed by atoms with Crippen LogP contribution < -0.4 is 5.32 Å². The number of carboxylic acid groups (broad SMARTS) is 1. The molecule has 0 spiro atoms. The number of carbonyl (C=O) groups excluding carboxylic acids is 2. The largest absolute Gasteiger partial charge is 0.478 e. The van der Waals surface area contributed by atoms with Gasteiger partial charge in [-0.2, -0.15) is 4.99 Å². The van der Waals surface area contributed by atoms with E-state index in [1.54, 1.807) is 48.2 Å². The molecule has 2 atom stereocenters. The topological polar surface area (TPSA) is 118 Å². The van der Waals surface area contributed by atoms with Crippen LogP contribution >= 0.6 is 0 Å². The predicted molar refractivity (Wildman–Crippen MR) is 181 cm³/mol. The summed E-state index contributed by atoms with van der Waals surface area (Å²) >= 11 is 0. The molecule has 48 heavy (non-hydrogen) atoms. The normalized spacial score (nSPS) is 15.3. The van der Waals surface area contributed by atoms with E-state index < -0.39 is 11.8 Å². The Kier molecular flexibility index (Phi) is 14.0. The van der Waals surface area contributed by atoms with Gasteiger partial charge in [-0.15, -0.1) is 0 Å². The Morgan fingerprint density at radius 2 is 1.62 bits per heavy atom. The third-order valence-corrected chi connectivity index (χ3v) is 7.85. The summed E-state index contributed by atoms with van der Waals surface area (Å²) in [6.07, 6.45) is 4.88. The minimum atomic E-state index is -0.946. The lowest BCUT2D eigenvalue weighted by atomic mass is 9.94. The molecule has 9 nitrogen and oxygen atoms in total. The van der Waals surface area contributed by atoms with Gasteiger partial charge in [0.1, 0.15) is 5.82 Å². The fourth-order valence-corrected chi connectivity index (χ4v) is 5.48. The summed E-state index contributed by atoms with van der Waals surface area (Å²) in [4.78, 5) is 39.5. The lowest BCUT2D eigenvalue weighted by Gasteiger charge is -2.30. The monoisotopic (exact) mass is 653 g/mol. The van der Waals surface area contributed by atoms with E-state index in [1.165, 1.54) is 18.2 Å². The Labute approximate surface area is 280 Å². The number of aromatic carboxylic acids is 1. The van der Waals surface area contributed by atoms with Crippen LogP contribution in [0, 0.1) is 12.7 Å². The minimum Gasteiger partial charge on any atom is -0.478 e. The third kappa shape index (κ3) is 11.6. The number of aryl methyl sites for hydroxylation is 1. The molecule has 0 saturated heterocycles. The predicted octanol–water partition coefficient (Wildman–Crippen LogP) is 8.06. The maximum atomic E-state index is 13.6. The molecule has 0 bridgehead atoms. The summed E-state index contributed by atoms with van der Waals surface area (Å²) in [6.45, 7) is 3.14. The number of nitrogens with one attached hydrogen (secondary N) is 1. The third-order valence-electron chi connectivity index (χ3n) is 7.85. The van der Waals surface area contributed by atoms with Crippen molar-refractivity contribution in [3.8, 4) is 0 Å². The first-order chi connectivity index (χ1) is 23.3. The lowest BCUT2D eigenvalue weighted by Crippen LogP contribution is -2.38. The number of rotatable bonds is 12. The molecule has 2 amide bonds. The smallest absolute Gasteiger partial charge is 0.336 e. The van der Waals surface area contributed by atoms with Crippen molar-refractivity contribution in [3.05, 3.63) is 131 Å². The summed E-state index contributed by atoms with van der Waals surface area (Å²) in [5, 5.41) is 12.3. The van der Waals surface area contributed by atoms with Gasteiger partial charge < -0.3 is 24.8 Å². The molecule has 0 aliphatic heterocycles. The highest BCUT2D eigenvalue weighted by atomic mass is 19.1. The minimum absolute atomic E-state index is 0.00920. The molecule has 1 aliphatic rings. The second kappa shape index (κ2) is 18.9. The van der Waals surface area contributed by atoms with Gasteiger partial charge in [0, 0.05) is 18.8 Å². The van der Waals surface area contributed by atoms with Gasteiger partial charge in [0.2, 0.25) is 6.08 Å². The Hall–Kier alpha value is -5.15. The van der Waals surface area contributed by atoms with Crippen LogP contribution in [0.1, 0.15) is 52.7 Å². The van der Waals surface area contributed by atoms with Gasteiger partial charge in [-0.1, -0.05) is 72.8 Å². The van der Waals surface area contributed by atoms with Crippen molar-refractivity contribution in [2.45, 2.75) is 58.0 Å². The van der Waals surface area contributed by atoms with Crippen molar-refractivity contribution in [1.82, 2.24) is 4.90 Å². The van der Waals surface area contributed by atoms with E-state index in [4.69, 9.17) is 9.47 Å². The molecule has 5 rings (SSSR count). The molecule has 10 heteroatoms. The molecule has 1 fully saturated rings. The summed E-state index contributed by atoms with van der Waals surface area (Å²) in [5.41, 5.74) is 3.71. The van der Waals surface area contributed by atoms with E-state index in [0.717, 1.165) is 30.4 Å².